The van der Waals surface area contributed by atoms with E-state index in [4.69, 9.17) is 0 Å². The van der Waals surface area contributed by atoms with Crippen molar-refractivity contribution in [3.05, 3.63) is 36.2 Å². The van der Waals surface area contributed by atoms with E-state index in [9.17, 15) is 0 Å². The maximum atomic E-state index is 4.23. The number of hydrogen-bond acceptors (Lipinski definition) is 2. The third-order valence-corrected chi connectivity index (χ3v) is 3.47. The lowest BCUT2D eigenvalue weighted by molar-refractivity contribution is 0.745. The molecule has 0 saturated carbocycles. The average Bonchev–Trinajstić information content (AvgIpc) is 2.76. The number of aromatic nitrogens is 2. The second-order valence-corrected chi connectivity index (χ2v) is 4.77. The zero-order valence-electron chi connectivity index (χ0n) is 10.3. The van der Waals surface area contributed by atoms with Crippen molar-refractivity contribution in [3.63, 3.8) is 0 Å². The summed E-state index contributed by atoms with van der Waals surface area (Å²) in [6.45, 7) is 1.16. The molecule has 2 aromatic rings. The SMILES string of the molecule is CN1CCCc2ccc(-c3cnn(C)c3)cc21. The van der Waals surface area contributed by atoms with Crippen molar-refractivity contribution in [2.75, 3.05) is 18.5 Å². The van der Waals surface area contributed by atoms with Crippen LogP contribution in [-0.4, -0.2) is 23.4 Å². The molecule has 2 heterocycles. The van der Waals surface area contributed by atoms with Gasteiger partial charge in [-0.15, -0.1) is 0 Å². The zero-order valence-corrected chi connectivity index (χ0v) is 10.3. The minimum absolute atomic E-state index is 1.16. The van der Waals surface area contributed by atoms with E-state index >= 15 is 0 Å². The van der Waals surface area contributed by atoms with Crippen molar-refractivity contribution in [2.45, 2.75) is 12.8 Å². The molecule has 17 heavy (non-hydrogen) atoms. The number of nitrogens with zero attached hydrogens (tertiary/aromatic N) is 3. The molecule has 3 nitrogen and oxygen atoms in total. The Hall–Kier alpha value is -1.77. The third kappa shape index (κ3) is 1.82. The number of rotatable bonds is 1. The molecule has 0 bridgehead atoms. The Bertz CT molecular complexity index is 542. The Labute approximate surface area is 102 Å². The molecule has 88 valence electrons. The summed E-state index contributed by atoms with van der Waals surface area (Å²) in [7, 11) is 4.12. The van der Waals surface area contributed by atoms with Gasteiger partial charge in [-0.2, -0.15) is 5.10 Å². The van der Waals surface area contributed by atoms with Gasteiger partial charge in [-0.05, 0) is 30.0 Å². The van der Waals surface area contributed by atoms with Crippen LogP contribution in [0.4, 0.5) is 5.69 Å². The normalized spacial score (nSPS) is 14.8. The van der Waals surface area contributed by atoms with Gasteiger partial charge in [-0.25, -0.2) is 0 Å². The maximum absolute atomic E-state index is 4.23. The Balaban J connectivity index is 2.05. The van der Waals surface area contributed by atoms with Crippen molar-refractivity contribution in [1.29, 1.82) is 0 Å². The van der Waals surface area contributed by atoms with Crippen molar-refractivity contribution in [3.8, 4) is 11.1 Å². The number of anilines is 1. The van der Waals surface area contributed by atoms with Crippen molar-refractivity contribution in [1.82, 2.24) is 9.78 Å². The van der Waals surface area contributed by atoms with Crippen molar-refractivity contribution in [2.24, 2.45) is 7.05 Å². The molecular formula is C14H17N3. The summed E-state index contributed by atoms with van der Waals surface area (Å²) in [5, 5.41) is 4.23. The van der Waals surface area contributed by atoms with Gasteiger partial charge in [0, 0.05) is 38.1 Å². The predicted molar refractivity (Wildman–Crippen MR) is 70.2 cm³/mol. The molecule has 0 spiro atoms. The molecule has 0 aliphatic carbocycles. The third-order valence-electron chi connectivity index (χ3n) is 3.47. The van der Waals surface area contributed by atoms with Gasteiger partial charge in [0.15, 0.2) is 0 Å². The molecular weight excluding hydrogens is 210 g/mol. The number of hydrogen-bond donors (Lipinski definition) is 0. The lowest BCUT2D eigenvalue weighted by atomic mass is 9.98. The number of aryl methyl sites for hydroxylation is 2. The van der Waals surface area contributed by atoms with Gasteiger partial charge in [0.2, 0.25) is 0 Å². The molecule has 1 aliphatic heterocycles. The Morgan fingerprint density at radius 2 is 2.06 bits per heavy atom. The molecule has 0 fully saturated rings. The highest BCUT2D eigenvalue weighted by molar-refractivity contribution is 5.70. The highest BCUT2D eigenvalue weighted by Crippen LogP contribution is 2.30. The molecule has 1 aromatic carbocycles. The largest absolute Gasteiger partial charge is 0.374 e. The van der Waals surface area contributed by atoms with Gasteiger partial charge in [-0.1, -0.05) is 12.1 Å². The molecule has 0 unspecified atom stereocenters. The second kappa shape index (κ2) is 3.91. The molecule has 3 heteroatoms. The predicted octanol–water partition coefficient (Wildman–Crippen LogP) is 2.47. The van der Waals surface area contributed by atoms with E-state index < -0.39 is 0 Å². The monoisotopic (exact) mass is 227 g/mol. The zero-order chi connectivity index (χ0) is 11.8. The first-order valence-corrected chi connectivity index (χ1v) is 6.07. The lowest BCUT2D eigenvalue weighted by Crippen LogP contribution is -2.24. The van der Waals surface area contributed by atoms with E-state index in [2.05, 4.69) is 41.4 Å². The molecule has 0 radical (unpaired) electrons. The smallest absolute Gasteiger partial charge is 0.0568 e. The minimum Gasteiger partial charge on any atom is -0.374 e. The summed E-state index contributed by atoms with van der Waals surface area (Å²) >= 11 is 0. The van der Waals surface area contributed by atoms with Gasteiger partial charge < -0.3 is 4.90 Å². The molecule has 0 amide bonds. The van der Waals surface area contributed by atoms with Crippen LogP contribution in [0.5, 0.6) is 0 Å². The fraction of sp³-hybridized carbons (Fsp3) is 0.357. The van der Waals surface area contributed by atoms with Gasteiger partial charge in [0.05, 0.1) is 6.20 Å². The van der Waals surface area contributed by atoms with Crippen LogP contribution in [0.1, 0.15) is 12.0 Å². The quantitative estimate of drug-likeness (QED) is 0.746. The first-order valence-electron chi connectivity index (χ1n) is 6.07. The average molecular weight is 227 g/mol. The molecule has 0 N–H and O–H groups in total. The summed E-state index contributed by atoms with van der Waals surface area (Å²) in [5.74, 6) is 0. The van der Waals surface area contributed by atoms with E-state index in [-0.39, 0.29) is 0 Å². The van der Waals surface area contributed by atoms with Crippen LogP contribution in [0.2, 0.25) is 0 Å². The molecule has 0 saturated heterocycles. The fourth-order valence-electron chi connectivity index (χ4n) is 2.51. The Kier molecular flexibility index (Phi) is 2.39. The molecule has 3 rings (SSSR count). The van der Waals surface area contributed by atoms with E-state index in [0.29, 0.717) is 0 Å². The Morgan fingerprint density at radius 3 is 2.82 bits per heavy atom. The number of fused-ring (bicyclic) bond motifs is 1. The van der Waals surface area contributed by atoms with Crippen LogP contribution in [-0.2, 0) is 13.5 Å². The van der Waals surface area contributed by atoms with E-state index in [1.54, 1.807) is 0 Å². The summed E-state index contributed by atoms with van der Waals surface area (Å²) < 4.78 is 1.85. The van der Waals surface area contributed by atoms with Crippen molar-refractivity contribution >= 4 is 5.69 Å². The molecule has 1 aliphatic rings. The first-order chi connectivity index (χ1) is 8.24. The fourth-order valence-corrected chi connectivity index (χ4v) is 2.51. The highest BCUT2D eigenvalue weighted by atomic mass is 15.2. The van der Waals surface area contributed by atoms with Crippen LogP contribution in [0, 0.1) is 0 Å². The van der Waals surface area contributed by atoms with Crippen LogP contribution < -0.4 is 4.90 Å². The van der Waals surface area contributed by atoms with Gasteiger partial charge >= 0.3 is 0 Å². The van der Waals surface area contributed by atoms with Crippen LogP contribution in [0.3, 0.4) is 0 Å². The summed E-state index contributed by atoms with van der Waals surface area (Å²) in [5.41, 5.74) is 5.28. The standard InChI is InChI=1S/C14H17N3/c1-16-7-3-4-11-5-6-12(8-14(11)16)13-9-15-17(2)10-13/h5-6,8-10H,3-4,7H2,1-2H3. The van der Waals surface area contributed by atoms with Gasteiger partial charge in [0.1, 0.15) is 0 Å². The summed E-state index contributed by atoms with van der Waals surface area (Å²) in [4.78, 5) is 2.35. The van der Waals surface area contributed by atoms with E-state index in [0.717, 1.165) is 6.54 Å². The summed E-state index contributed by atoms with van der Waals surface area (Å²) in [6, 6.07) is 6.74. The molecule has 1 aromatic heterocycles. The topological polar surface area (TPSA) is 21.1 Å². The first kappa shape index (κ1) is 10.4. The van der Waals surface area contributed by atoms with Gasteiger partial charge in [-0.3, -0.25) is 4.68 Å². The highest BCUT2D eigenvalue weighted by Gasteiger charge is 2.14. The second-order valence-electron chi connectivity index (χ2n) is 4.77. The van der Waals surface area contributed by atoms with E-state index in [1.165, 1.54) is 35.2 Å². The van der Waals surface area contributed by atoms with Crippen LogP contribution in [0.15, 0.2) is 30.6 Å². The molecule has 0 atom stereocenters. The van der Waals surface area contributed by atoms with E-state index in [1.807, 2.05) is 17.9 Å². The Morgan fingerprint density at radius 1 is 1.18 bits per heavy atom. The van der Waals surface area contributed by atoms with Gasteiger partial charge in [0.25, 0.3) is 0 Å². The lowest BCUT2D eigenvalue weighted by Gasteiger charge is -2.27. The number of benzene rings is 1. The maximum Gasteiger partial charge on any atom is 0.0568 e. The minimum atomic E-state index is 1.16. The van der Waals surface area contributed by atoms with Crippen LogP contribution in [0.25, 0.3) is 11.1 Å². The summed E-state index contributed by atoms with van der Waals surface area (Å²) in [6.07, 6.45) is 6.44. The van der Waals surface area contributed by atoms with Crippen molar-refractivity contribution < 1.29 is 0 Å². The van der Waals surface area contributed by atoms with Crippen LogP contribution >= 0.6 is 0 Å².